The Morgan fingerprint density at radius 3 is 2.73 bits per heavy atom. The monoisotopic (exact) mass is 397 g/mol. The third-order valence-corrected chi connectivity index (χ3v) is 3.77. The first kappa shape index (κ1) is 20.0. The zero-order chi connectivity index (χ0) is 19.1. The number of esters is 1. The molecule has 2 aromatic rings. The lowest BCUT2D eigenvalue weighted by Crippen LogP contribution is -2.30. The van der Waals surface area contributed by atoms with Crippen molar-refractivity contribution in [3.05, 3.63) is 52.1 Å². The van der Waals surface area contributed by atoms with E-state index in [2.05, 4.69) is 15.6 Å². The molecule has 26 heavy (non-hydrogen) atoms. The van der Waals surface area contributed by atoms with Gasteiger partial charge in [0.2, 0.25) is 0 Å². The number of amides is 1. The van der Waals surface area contributed by atoms with E-state index >= 15 is 0 Å². The number of nitrogens with one attached hydrogen (secondary N) is 2. The van der Waals surface area contributed by atoms with Gasteiger partial charge in [0.1, 0.15) is 0 Å². The zero-order valence-electron chi connectivity index (χ0n) is 13.8. The van der Waals surface area contributed by atoms with Gasteiger partial charge in [-0.05, 0) is 25.1 Å². The number of hydrogen-bond donors (Lipinski definition) is 3. The number of ether oxygens (including phenoxy) is 1. The number of hydrogen-bond acceptors (Lipinski definition) is 6. The summed E-state index contributed by atoms with van der Waals surface area (Å²) in [7, 11) is 0. The quantitative estimate of drug-likeness (QED) is 0.620. The number of aromatic nitrogens is 1. The van der Waals surface area contributed by atoms with E-state index in [0.29, 0.717) is 10.7 Å². The molecular formula is C17H17Cl2N3O4. The minimum Gasteiger partial charge on any atom is -0.449 e. The Morgan fingerprint density at radius 1 is 1.31 bits per heavy atom. The molecule has 0 radical (unpaired) electrons. The second-order valence-corrected chi connectivity index (χ2v) is 6.06. The molecule has 0 saturated heterocycles. The molecule has 1 heterocycles. The van der Waals surface area contributed by atoms with Crippen molar-refractivity contribution in [2.75, 3.05) is 23.8 Å². The van der Waals surface area contributed by atoms with Gasteiger partial charge < -0.3 is 20.5 Å². The molecule has 0 aliphatic heterocycles. The van der Waals surface area contributed by atoms with Crippen LogP contribution in [0.1, 0.15) is 17.3 Å². The fourth-order valence-corrected chi connectivity index (χ4v) is 2.44. The molecule has 0 aliphatic carbocycles. The van der Waals surface area contributed by atoms with Crippen molar-refractivity contribution in [1.82, 2.24) is 4.98 Å². The van der Waals surface area contributed by atoms with E-state index in [1.807, 2.05) is 0 Å². The van der Waals surface area contributed by atoms with E-state index in [1.165, 1.54) is 19.2 Å². The average molecular weight is 398 g/mol. The van der Waals surface area contributed by atoms with Gasteiger partial charge in [-0.25, -0.2) is 9.78 Å². The molecule has 1 atom stereocenters. The third-order valence-electron chi connectivity index (χ3n) is 3.28. The maximum Gasteiger partial charge on any atom is 0.341 e. The topological polar surface area (TPSA) is 101 Å². The van der Waals surface area contributed by atoms with Crippen molar-refractivity contribution in [3.63, 3.8) is 0 Å². The molecule has 3 N–H and O–H groups in total. The Kier molecular flexibility index (Phi) is 7.20. The van der Waals surface area contributed by atoms with Gasteiger partial charge in [0.25, 0.3) is 5.91 Å². The number of rotatable bonds is 7. The SMILES string of the molecule is C[C@@H](OC(=O)c1ccccc1NCCO)C(=O)Nc1ncc(Cl)cc1Cl. The summed E-state index contributed by atoms with van der Waals surface area (Å²) in [5.41, 5.74) is 0.754. The van der Waals surface area contributed by atoms with Gasteiger partial charge in [-0.15, -0.1) is 0 Å². The summed E-state index contributed by atoms with van der Waals surface area (Å²) in [5, 5.41) is 14.8. The first-order chi connectivity index (χ1) is 12.4. The number of carbonyl (C=O) groups excluding carboxylic acids is 2. The van der Waals surface area contributed by atoms with Crippen molar-refractivity contribution in [3.8, 4) is 0 Å². The van der Waals surface area contributed by atoms with E-state index in [1.54, 1.807) is 24.3 Å². The normalized spacial score (nSPS) is 11.5. The Morgan fingerprint density at radius 2 is 2.04 bits per heavy atom. The molecule has 1 aromatic carbocycles. The van der Waals surface area contributed by atoms with Gasteiger partial charge >= 0.3 is 5.97 Å². The number of nitrogens with zero attached hydrogens (tertiary/aromatic N) is 1. The second-order valence-electron chi connectivity index (χ2n) is 5.22. The van der Waals surface area contributed by atoms with Crippen LogP contribution in [0.5, 0.6) is 0 Å². The van der Waals surface area contributed by atoms with Crippen LogP contribution in [0.2, 0.25) is 10.0 Å². The lowest BCUT2D eigenvalue weighted by Gasteiger charge is -2.15. The van der Waals surface area contributed by atoms with Crippen LogP contribution in [-0.2, 0) is 9.53 Å². The Bertz CT molecular complexity index is 801. The largest absolute Gasteiger partial charge is 0.449 e. The van der Waals surface area contributed by atoms with Crippen LogP contribution in [-0.4, -0.2) is 41.2 Å². The van der Waals surface area contributed by atoms with Crippen molar-refractivity contribution < 1.29 is 19.4 Å². The van der Waals surface area contributed by atoms with Crippen LogP contribution < -0.4 is 10.6 Å². The Hall–Kier alpha value is -2.35. The van der Waals surface area contributed by atoms with Crippen LogP contribution in [0.3, 0.4) is 0 Å². The molecule has 1 aromatic heterocycles. The van der Waals surface area contributed by atoms with Crippen LogP contribution in [0.15, 0.2) is 36.5 Å². The summed E-state index contributed by atoms with van der Waals surface area (Å²) in [6.45, 7) is 1.62. The Balaban J connectivity index is 2.03. The summed E-state index contributed by atoms with van der Waals surface area (Å²) in [6, 6.07) is 8.08. The highest BCUT2D eigenvalue weighted by atomic mass is 35.5. The third kappa shape index (κ3) is 5.32. The van der Waals surface area contributed by atoms with E-state index in [4.69, 9.17) is 33.0 Å². The minimum atomic E-state index is -1.08. The van der Waals surface area contributed by atoms with Gasteiger partial charge in [0, 0.05) is 18.4 Å². The number of carbonyl (C=O) groups is 2. The highest BCUT2D eigenvalue weighted by Crippen LogP contribution is 2.23. The van der Waals surface area contributed by atoms with Crippen molar-refractivity contribution in [2.24, 2.45) is 0 Å². The number of benzene rings is 1. The summed E-state index contributed by atoms with van der Waals surface area (Å²) < 4.78 is 5.20. The van der Waals surface area contributed by atoms with E-state index in [-0.39, 0.29) is 29.6 Å². The predicted octanol–water partition coefficient (Wildman–Crippen LogP) is 2.98. The van der Waals surface area contributed by atoms with Gasteiger partial charge in [0.15, 0.2) is 11.9 Å². The van der Waals surface area contributed by atoms with Gasteiger partial charge in [-0.2, -0.15) is 0 Å². The van der Waals surface area contributed by atoms with Crippen LogP contribution in [0.4, 0.5) is 11.5 Å². The van der Waals surface area contributed by atoms with Crippen LogP contribution in [0, 0.1) is 0 Å². The number of aliphatic hydroxyl groups is 1. The van der Waals surface area contributed by atoms with Crippen LogP contribution >= 0.6 is 23.2 Å². The van der Waals surface area contributed by atoms with Gasteiger partial charge in [0.05, 0.1) is 22.2 Å². The second kappa shape index (κ2) is 9.38. The number of aliphatic hydroxyl groups excluding tert-OH is 1. The molecule has 1 amide bonds. The number of halogens is 2. The standard InChI is InChI=1S/C17H17Cl2N3O4/c1-10(16(24)22-15-13(19)8-11(18)9-21-15)26-17(25)12-4-2-3-5-14(12)20-6-7-23/h2-5,8-10,20,23H,6-7H2,1H3,(H,21,22,24)/t10-/m1/s1. The molecule has 138 valence electrons. The highest BCUT2D eigenvalue weighted by Gasteiger charge is 2.21. The highest BCUT2D eigenvalue weighted by molar-refractivity contribution is 6.36. The van der Waals surface area contributed by atoms with Crippen LogP contribution in [0.25, 0.3) is 0 Å². The Labute approximate surface area is 160 Å². The van der Waals surface area contributed by atoms with E-state index < -0.39 is 18.0 Å². The fraction of sp³-hybridized carbons (Fsp3) is 0.235. The van der Waals surface area contributed by atoms with Crippen molar-refractivity contribution >= 4 is 46.6 Å². The molecule has 0 fully saturated rings. The summed E-state index contributed by atoms with van der Waals surface area (Å²) in [4.78, 5) is 28.5. The molecule has 0 spiro atoms. The molecule has 9 heteroatoms. The maximum absolute atomic E-state index is 12.3. The smallest absolute Gasteiger partial charge is 0.341 e. The molecular weight excluding hydrogens is 381 g/mol. The van der Waals surface area contributed by atoms with Gasteiger partial charge in [-0.1, -0.05) is 35.3 Å². The predicted molar refractivity (Wildman–Crippen MR) is 99.8 cm³/mol. The lowest BCUT2D eigenvalue weighted by molar-refractivity contribution is -0.123. The molecule has 7 nitrogen and oxygen atoms in total. The maximum atomic E-state index is 12.3. The van der Waals surface area contributed by atoms with E-state index in [9.17, 15) is 9.59 Å². The summed E-state index contributed by atoms with van der Waals surface area (Å²) >= 11 is 11.7. The average Bonchev–Trinajstić information content (AvgIpc) is 2.62. The first-order valence-corrected chi connectivity index (χ1v) is 8.44. The number of para-hydroxylation sites is 1. The fourth-order valence-electron chi connectivity index (χ4n) is 2.01. The van der Waals surface area contributed by atoms with Gasteiger partial charge in [-0.3, -0.25) is 4.79 Å². The lowest BCUT2D eigenvalue weighted by atomic mass is 10.1. The molecule has 2 rings (SSSR count). The molecule has 0 unspecified atom stereocenters. The first-order valence-electron chi connectivity index (χ1n) is 7.69. The molecule has 0 bridgehead atoms. The summed E-state index contributed by atoms with van der Waals surface area (Å²) in [5.74, 6) is -1.14. The molecule has 0 aliphatic rings. The van der Waals surface area contributed by atoms with E-state index in [0.717, 1.165) is 0 Å². The zero-order valence-corrected chi connectivity index (χ0v) is 15.3. The number of anilines is 2. The van der Waals surface area contributed by atoms with Crippen molar-refractivity contribution in [2.45, 2.75) is 13.0 Å². The minimum absolute atomic E-state index is 0.0863. The molecule has 0 saturated carbocycles. The van der Waals surface area contributed by atoms with Crippen molar-refractivity contribution in [1.29, 1.82) is 0 Å². The summed E-state index contributed by atoms with van der Waals surface area (Å²) in [6.07, 6.45) is 0.255. The number of pyridine rings is 1.